The van der Waals surface area contributed by atoms with E-state index in [9.17, 15) is 8.42 Å². The van der Waals surface area contributed by atoms with Gasteiger partial charge in [-0.25, -0.2) is 8.42 Å². The maximum atomic E-state index is 12.3. The summed E-state index contributed by atoms with van der Waals surface area (Å²) >= 11 is 17.5. The Kier molecular flexibility index (Phi) is 4.29. The van der Waals surface area contributed by atoms with Gasteiger partial charge in [0.25, 0.3) is 10.0 Å². The van der Waals surface area contributed by atoms with E-state index >= 15 is 0 Å². The van der Waals surface area contributed by atoms with Gasteiger partial charge in [0.05, 0.1) is 32.6 Å². The lowest BCUT2D eigenvalue weighted by molar-refractivity contribution is 0.601. The molecule has 0 unspecified atom stereocenters. The highest BCUT2D eigenvalue weighted by atomic mass is 35.5. The Bertz CT molecular complexity index is 766. The zero-order valence-electron chi connectivity index (χ0n) is 9.77. The van der Waals surface area contributed by atoms with Crippen molar-refractivity contribution in [2.24, 2.45) is 0 Å². The van der Waals surface area contributed by atoms with Gasteiger partial charge in [-0.1, -0.05) is 34.8 Å². The predicted molar refractivity (Wildman–Crippen MR) is 80.9 cm³/mol. The number of anilines is 2. The maximum absolute atomic E-state index is 12.3. The Labute approximate surface area is 130 Å². The van der Waals surface area contributed by atoms with E-state index in [-0.39, 0.29) is 31.3 Å². The average molecular weight is 353 g/mol. The molecule has 20 heavy (non-hydrogen) atoms. The average Bonchev–Trinajstić information content (AvgIpc) is 2.38. The van der Waals surface area contributed by atoms with Crippen molar-refractivity contribution in [3.05, 3.63) is 45.7 Å². The third-order valence-electron chi connectivity index (χ3n) is 2.39. The smallest absolute Gasteiger partial charge is 0.263 e. The first-order valence-electron chi connectivity index (χ1n) is 5.18. The van der Waals surface area contributed by atoms with Crippen molar-refractivity contribution in [2.45, 2.75) is 4.90 Å². The predicted octanol–water partition coefficient (Wildman–Crippen LogP) is 3.42. The van der Waals surface area contributed by atoms with Gasteiger partial charge in [-0.15, -0.1) is 0 Å². The maximum Gasteiger partial charge on any atom is 0.263 e. The zero-order chi connectivity index (χ0) is 14.9. The molecule has 0 fully saturated rings. The minimum Gasteiger partial charge on any atom is -0.396 e. The summed E-state index contributed by atoms with van der Waals surface area (Å²) in [6.45, 7) is 0. The van der Waals surface area contributed by atoms with Crippen molar-refractivity contribution in [3.8, 4) is 0 Å². The zero-order valence-corrected chi connectivity index (χ0v) is 12.9. The van der Waals surface area contributed by atoms with E-state index in [0.717, 1.165) is 0 Å². The van der Waals surface area contributed by atoms with Crippen LogP contribution >= 0.6 is 34.8 Å². The fraction of sp³-hybridized carbons (Fsp3) is 0. The van der Waals surface area contributed by atoms with Crippen molar-refractivity contribution < 1.29 is 8.42 Å². The lowest BCUT2D eigenvalue weighted by Gasteiger charge is -2.12. The number of pyridine rings is 1. The minimum atomic E-state index is -3.95. The monoisotopic (exact) mass is 351 g/mol. The van der Waals surface area contributed by atoms with Gasteiger partial charge < -0.3 is 5.73 Å². The van der Waals surface area contributed by atoms with E-state index in [1.807, 2.05) is 0 Å². The molecule has 0 radical (unpaired) electrons. The van der Waals surface area contributed by atoms with Gasteiger partial charge in [0.15, 0.2) is 0 Å². The van der Waals surface area contributed by atoms with Crippen molar-refractivity contribution in [1.82, 2.24) is 4.98 Å². The number of nitrogens with two attached hydrogens (primary N) is 1. The number of sulfonamides is 1. The number of nitrogens with zero attached hydrogens (tertiary/aromatic N) is 1. The van der Waals surface area contributed by atoms with Crippen LogP contribution in [0.1, 0.15) is 0 Å². The van der Waals surface area contributed by atoms with Crippen molar-refractivity contribution in [1.29, 1.82) is 0 Å². The third-order valence-corrected chi connectivity index (χ3v) is 4.98. The molecule has 9 heteroatoms. The van der Waals surface area contributed by atoms with Crippen LogP contribution in [0.5, 0.6) is 0 Å². The van der Waals surface area contributed by atoms with E-state index < -0.39 is 10.0 Å². The summed E-state index contributed by atoms with van der Waals surface area (Å²) in [5.41, 5.74) is 5.74. The molecule has 5 nitrogen and oxygen atoms in total. The van der Waals surface area contributed by atoms with Gasteiger partial charge in [-0.3, -0.25) is 9.71 Å². The fourth-order valence-electron chi connectivity index (χ4n) is 1.41. The van der Waals surface area contributed by atoms with Gasteiger partial charge in [0.1, 0.15) is 4.90 Å². The molecule has 0 aliphatic carbocycles. The van der Waals surface area contributed by atoms with Crippen molar-refractivity contribution in [2.75, 3.05) is 10.5 Å². The van der Waals surface area contributed by atoms with E-state index in [0.29, 0.717) is 0 Å². The molecule has 1 heterocycles. The number of halogens is 3. The quantitative estimate of drug-likeness (QED) is 0.829. The standard InChI is InChI=1S/C11H8Cl3N3O2S/c12-6-3-4-16-5-8(6)17-20(18,19)9-2-1-7(13)11(15)10(9)14/h1-5,17H,15H2. The van der Waals surface area contributed by atoms with E-state index in [2.05, 4.69) is 9.71 Å². The normalized spacial score (nSPS) is 11.3. The van der Waals surface area contributed by atoms with Gasteiger partial charge in [-0.05, 0) is 18.2 Å². The lowest BCUT2D eigenvalue weighted by atomic mass is 10.3. The Morgan fingerprint density at radius 3 is 2.45 bits per heavy atom. The summed E-state index contributed by atoms with van der Waals surface area (Å²) in [6.07, 6.45) is 2.72. The van der Waals surface area contributed by atoms with Crippen LogP contribution in [0.4, 0.5) is 11.4 Å². The molecule has 0 spiro atoms. The van der Waals surface area contributed by atoms with E-state index in [4.69, 9.17) is 40.5 Å². The highest BCUT2D eigenvalue weighted by Crippen LogP contribution is 2.34. The second-order valence-electron chi connectivity index (χ2n) is 3.73. The Balaban J connectivity index is 2.47. The first-order valence-corrected chi connectivity index (χ1v) is 7.80. The van der Waals surface area contributed by atoms with Gasteiger partial charge in [0.2, 0.25) is 0 Å². The Morgan fingerprint density at radius 1 is 1.10 bits per heavy atom. The SMILES string of the molecule is Nc1c(Cl)ccc(S(=O)(=O)Nc2cnccc2Cl)c1Cl. The number of nitrogens with one attached hydrogen (secondary N) is 1. The molecule has 2 aromatic rings. The summed E-state index contributed by atoms with van der Waals surface area (Å²) in [4.78, 5) is 3.59. The van der Waals surface area contributed by atoms with Crippen LogP contribution in [-0.2, 0) is 10.0 Å². The van der Waals surface area contributed by atoms with Gasteiger partial charge in [0, 0.05) is 6.20 Å². The Morgan fingerprint density at radius 2 is 1.80 bits per heavy atom. The molecule has 106 valence electrons. The van der Waals surface area contributed by atoms with E-state index in [1.165, 1.54) is 30.6 Å². The van der Waals surface area contributed by atoms with Crippen LogP contribution in [0.3, 0.4) is 0 Å². The highest BCUT2D eigenvalue weighted by Gasteiger charge is 2.21. The molecule has 0 amide bonds. The summed E-state index contributed by atoms with van der Waals surface area (Å²) < 4.78 is 26.8. The highest BCUT2D eigenvalue weighted by molar-refractivity contribution is 7.92. The van der Waals surface area contributed by atoms with Crippen molar-refractivity contribution in [3.63, 3.8) is 0 Å². The van der Waals surface area contributed by atoms with Crippen LogP contribution in [0.2, 0.25) is 15.1 Å². The molecular weight excluding hydrogens is 345 g/mol. The molecule has 0 atom stereocenters. The molecule has 0 aliphatic rings. The largest absolute Gasteiger partial charge is 0.396 e. The van der Waals surface area contributed by atoms with E-state index in [1.54, 1.807) is 0 Å². The molecule has 1 aromatic carbocycles. The summed E-state index contributed by atoms with van der Waals surface area (Å²) in [7, 11) is -3.95. The van der Waals surface area contributed by atoms with Crippen LogP contribution in [0.25, 0.3) is 0 Å². The van der Waals surface area contributed by atoms with Crippen LogP contribution in [0, 0.1) is 0 Å². The molecule has 0 saturated heterocycles. The molecule has 0 aliphatic heterocycles. The van der Waals surface area contributed by atoms with Gasteiger partial charge >= 0.3 is 0 Å². The molecule has 0 saturated carbocycles. The first-order chi connectivity index (χ1) is 9.33. The first kappa shape index (κ1) is 15.2. The summed E-state index contributed by atoms with van der Waals surface area (Å²) in [5, 5.41) is 0.236. The Hall–Kier alpha value is -1.21. The molecular formula is C11H8Cl3N3O2S. The minimum absolute atomic E-state index is 0.00603. The number of rotatable bonds is 3. The van der Waals surface area contributed by atoms with Crippen LogP contribution in [-0.4, -0.2) is 13.4 Å². The molecule has 0 bridgehead atoms. The fourth-order valence-corrected chi connectivity index (χ4v) is 3.45. The van der Waals surface area contributed by atoms with Crippen LogP contribution < -0.4 is 10.5 Å². The number of hydrogen-bond acceptors (Lipinski definition) is 4. The number of aromatic nitrogens is 1. The summed E-state index contributed by atoms with van der Waals surface area (Å²) in [6, 6.07) is 4.06. The number of benzene rings is 1. The van der Waals surface area contributed by atoms with Crippen molar-refractivity contribution >= 4 is 56.2 Å². The molecule has 1 aromatic heterocycles. The third kappa shape index (κ3) is 2.93. The van der Waals surface area contributed by atoms with Crippen LogP contribution in [0.15, 0.2) is 35.5 Å². The lowest BCUT2D eigenvalue weighted by Crippen LogP contribution is -2.14. The molecule has 2 rings (SSSR count). The topological polar surface area (TPSA) is 85.1 Å². The second kappa shape index (κ2) is 5.65. The van der Waals surface area contributed by atoms with Gasteiger partial charge in [-0.2, -0.15) is 0 Å². The number of hydrogen-bond donors (Lipinski definition) is 2. The number of nitrogen functional groups attached to an aromatic ring is 1. The second-order valence-corrected chi connectivity index (χ2v) is 6.58. The summed E-state index contributed by atoms with van der Waals surface area (Å²) in [5.74, 6) is 0. The molecule has 3 N–H and O–H groups in total.